The molecule has 4 rings (SSSR count). The van der Waals surface area contributed by atoms with Gasteiger partial charge in [0.25, 0.3) is 0 Å². The van der Waals surface area contributed by atoms with Crippen molar-refractivity contribution in [3.05, 3.63) is 53.2 Å². The first kappa shape index (κ1) is 17.0. The number of aromatic nitrogens is 2. The summed E-state index contributed by atoms with van der Waals surface area (Å²) in [7, 11) is 0. The number of carbonyl (C=O) groups excluding carboxylic acids is 1. The van der Waals surface area contributed by atoms with Crippen LogP contribution in [0.4, 0.5) is 5.69 Å². The molecule has 1 atom stereocenters. The minimum atomic E-state index is -0.0523. The van der Waals surface area contributed by atoms with E-state index >= 15 is 0 Å². The molecule has 1 unspecified atom stereocenters. The maximum Gasteiger partial charge on any atom is 0.232 e. The standard InChI is InChI=1S/C20H21N3O2S/c1-2-3-5-14-7-9-16(10-8-14)23-13-15(12-18(23)24)20-21-19(22-25-20)17-6-4-11-26-17/h4,6-11,15H,2-3,5,12-13H2,1H3. The van der Waals surface area contributed by atoms with Crippen molar-refractivity contribution >= 4 is 22.9 Å². The van der Waals surface area contributed by atoms with Crippen LogP contribution in [0.2, 0.25) is 0 Å². The predicted molar refractivity (Wildman–Crippen MR) is 102 cm³/mol. The molecule has 1 aliphatic rings. The van der Waals surface area contributed by atoms with Gasteiger partial charge in [-0.15, -0.1) is 11.3 Å². The van der Waals surface area contributed by atoms with Crippen molar-refractivity contribution in [3.63, 3.8) is 0 Å². The molecule has 1 aromatic carbocycles. The van der Waals surface area contributed by atoms with E-state index in [1.807, 2.05) is 34.5 Å². The molecule has 1 aliphatic heterocycles. The van der Waals surface area contributed by atoms with Crippen LogP contribution in [0.1, 0.15) is 43.6 Å². The fourth-order valence-electron chi connectivity index (χ4n) is 3.25. The first-order chi connectivity index (χ1) is 12.7. The van der Waals surface area contributed by atoms with Gasteiger partial charge in [0, 0.05) is 18.7 Å². The number of rotatable bonds is 6. The minimum Gasteiger partial charge on any atom is -0.339 e. The predicted octanol–water partition coefficient (Wildman–Crippen LogP) is 4.66. The Labute approximate surface area is 156 Å². The lowest BCUT2D eigenvalue weighted by molar-refractivity contribution is -0.117. The molecule has 0 saturated carbocycles. The summed E-state index contributed by atoms with van der Waals surface area (Å²) in [4.78, 5) is 19.8. The first-order valence-electron chi connectivity index (χ1n) is 9.01. The summed E-state index contributed by atoms with van der Waals surface area (Å²) < 4.78 is 5.43. The highest BCUT2D eigenvalue weighted by atomic mass is 32.1. The number of hydrogen-bond acceptors (Lipinski definition) is 5. The quantitative estimate of drug-likeness (QED) is 0.636. The number of unbranched alkanes of at least 4 members (excludes halogenated alkanes) is 1. The monoisotopic (exact) mass is 367 g/mol. The van der Waals surface area contributed by atoms with E-state index in [-0.39, 0.29) is 11.8 Å². The van der Waals surface area contributed by atoms with Crippen LogP contribution in [0.15, 0.2) is 46.3 Å². The topological polar surface area (TPSA) is 59.2 Å². The molecule has 6 heteroatoms. The van der Waals surface area contributed by atoms with Gasteiger partial charge in [0.1, 0.15) is 0 Å². The third kappa shape index (κ3) is 3.42. The van der Waals surface area contributed by atoms with Gasteiger partial charge in [0.15, 0.2) is 0 Å². The lowest BCUT2D eigenvalue weighted by Gasteiger charge is -2.16. The van der Waals surface area contributed by atoms with E-state index < -0.39 is 0 Å². The molecule has 134 valence electrons. The number of carbonyl (C=O) groups is 1. The molecule has 1 fully saturated rings. The highest BCUT2D eigenvalue weighted by Gasteiger charge is 2.35. The number of nitrogens with zero attached hydrogens (tertiary/aromatic N) is 3. The van der Waals surface area contributed by atoms with E-state index in [1.54, 1.807) is 11.3 Å². The molecule has 0 N–H and O–H groups in total. The summed E-state index contributed by atoms with van der Waals surface area (Å²) in [6, 6.07) is 12.2. The van der Waals surface area contributed by atoms with Crippen molar-refractivity contribution in [2.24, 2.45) is 0 Å². The zero-order valence-electron chi connectivity index (χ0n) is 14.7. The van der Waals surface area contributed by atoms with Crippen LogP contribution < -0.4 is 4.90 Å². The van der Waals surface area contributed by atoms with Gasteiger partial charge in [0.2, 0.25) is 17.6 Å². The van der Waals surface area contributed by atoms with Crippen LogP contribution in [0.25, 0.3) is 10.7 Å². The van der Waals surface area contributed by atoms with Crippen LogP contribution >= 0.6 is 11.3 Å². The lowest BCUT2D eigenvalue weighted by Crippen LogP contribution is -2.24. The SMILES string of the molecule is CCCCc1ccc(N2CC(c3nc(-c4cccs4)no3)CC2=O)cc1. The van der Waals surface area contributed by atoms with E-state index in [9.17, 15) is 4.79 Å². The molecule has 0 radical (unpaired) electrons. The van der Waals surface area contributed by atoms with Crippen molar-refractivity contribution in [1.29, 1.82) is 0 Å². The van der Waals surface area contributed by atoms with E-state index in [4.69, 9.17) is 4.52 Å². The van der Waals surface area contributed by atoms with Gasteiger partial charge in [-0.05, 0) is 42.0 Å². The van der Waals surface area contributed by atoms with E-state index in [0.29, 0.717) is 24.7 Å². The first-order valence-corrected chi connectivity index (χ1v) is 9.89. The normalized spacial score (nSPS) is 17.2. The number of amides is 1. The zero-order valence-corrected chi connectivity index (χ0v) is 15.5. The molecule has 3 heterocycles. The van der Waals surface area contributed by atoms with Gasteiger partial charge >= 0.3 is 0 Å². The van der Waals surface area contributed by atoms with Crippen molar-refractivity contribution in [3.8, 4) is 10.7 Å². The molecular weight excluding hydrogens is 346 g/mol. The number of benzene rings is 1. The molecule has 3 aromatic rings. The second kappa shape index (κ2) is 7.41. The highest BCUT2D eigenvalue weighted by molar-refractivity contribution is 7.13. The van der Waals surface area contributed by atoms with Crippen LogP contribution in [0.5, 0.6) is 0 Å². The number of anilines is 1. The van der Waals surface area contributed by atoms with Gasteiger partial charge in [-0.3, -0.25) is 4.79 Å². The number of aryl methyl sites for hydroxylation is 1. The van der Waals surface area contributed by atoms with Crippen LogP contribution in [0, 0.1) is 0 Å². The molecule has 1 amide bonds. The van der Waals surface area contributed by atoms with Crippen molar-refractivity contribution in [1.82, 2.24) is 10.1 Å². The molecule has 0 spiro atoms. The Kier molecular flexibility index (Phi) is 4.84. The number of hydrogen-bond donors (Lipinski definition) is 0. The average Bonchev–Trinajstić information content (AvgIpc) is 3.40. The fourth-order valence-corrected chi connectivity index (χ4v) is 3.90. The summed E-state index contributed by atoms with van der Waals surface area (Å²) in [6.45, 7) is 2.78. The molecule has 1 saturated heterocycles. The van der Waals surface area contributed by atoms with Gasteiger partial charge in [-0.25, -0.2) is 0 Å². The van der Waals surface area contributed by atoms with Crippen LogP contribution in [-0.4, -0.2) is 22.6 Å². The number of thiophene rings is 1. The van der Waals surface area contributed by atoms with Crippen LogP contribution in [-0.2, 0) is 11.2 Å². The molecule has 0 bridgehead atoms. The van der Waals surface area contributed by atoms with Crippen molar-refractivity contribution in [2.45, 2.75) is 38.5 Å². The third-order valence-corrected chi connectivity index (χ3v) is 5.59. The summed E-state index contributed by atoms with van der Waals surface area (Å²) in [5.41, 5.74) is 2.26. The molecular formula is C20H21N3O2S. The second-order valence-electron chi connectivity index (χ2n) is 6.61. The Morgan fingerprint density at radius 1 is 1.27 bits per heavy atom. The van der Waals surface area contributed by atoms with Crippen molar-refractivity contribution in [2.75, 3.05) is 11.4 Å². The third-order valence-electron chi connectivity index (χ3n) is 4.72. The zero-order chi connectivity index (χ0) is 17.9. The lowest BCUT2D eigenvalue weighted by atomic mass is 10.1. The summed E-state index contributed by atoms with van der Waals surface area (Å²) in [5, 5.41) is 6.04. The van der Waals surface area contributed by atoms with Gasteiger partial charge in [-0.2, -0.15) is 4.98 Å². The molecule has 0 aliphatic carbocycles. The Morgan fingerprint density at radius 3 is 2.85 bits per heavy atom. The summed E-state index contributed by atoms with van der Waals surface area (Å²) in [5.74, 6) is 1.20. The Balaban J connectivity index is 1.47. The smallest absolute Gasteiger partial charge is 0.232 e. The second-order valence-corrected chi connectivity index (χ2v) is 7.56. The average molecular weight is 367 g/mol. The Hall–Kier alpha value is -2.47. The molecule has 2 aromatic heterocycles. The summed E-state index contributed by atoms with van der Waals surface area (Å²) >= 11 is 1.57. The van der Waals surface area contributed by atoms with Gasteiger partial charge < -0.3 is 9.42 Å². The molecule has 26 heavy (non-hydrogen) atoms. The van der Waals surface area contributed by atoms with E-state index in [2.05, 4.69) is 29.2 Å². The van der Waals surface area contributed by atoms with Crippen molar-refractivity contribution < 1.29 is 9.32 Å². The maximum absolute atomic E-state index is 12.5. The molecule has 5 nitrogen and oxygen atoms in total. The highest BCUT2D eigenvalue weighted by Crippen LogP contribution is 2.32. The minimum absolute atomic E-state index is 0.0523. The van der Waals surface area contributed by atoms with E-state index in [0.717, 1.165) is 17.0 Å². The maximum atomic E-state index is 12.5. The fraction of sp³-hybridized carbons (Fsp3) is 0.350. The Bertz CT molecular complexity index is 871. The van der Waals surface area contributed by atoms with Gasteiger partial charge in [-0.1, -0.05) is 36.7 Å². The Morgan fingerprint density at radius 2 is 2.12 bits per heavy atom. The van der Waals surface area contributed by atoms with Gasteiger partial charge in [0.05, 0.1) is 10.8 Å². The summed E-state index contributed by atoms with van der Waals surface area (Å²) in [6.07, 6.45) is 3.87. The largest absolute Gasteiger partial charge is 0.339 e. The van der Waals surface area contributed by atoms with E-state index in [1.165, 1.54) is 18.4 Å². The van der Waals surface area contributed by atoms with Crippen LogP contribution in [0.3, 0.4) is 0 Å².